The van der Waals surface area contributed by atoms with Crippen molar-refractivity contribution in [1.29, 1.82) is 0 Å². The SMILES string of the molecule is COC1(C(NN)c2cccc(OC(C)C)c2)CCOCC1. The molecule has 1 saturated heterocycles. The Morgan fingerprint density at radius 2 is 2.00 bits per heavy atom. The third kappa shape index (κ3) is 3.74. The fraction of sp³-hybridized carbons (Fsp3) is 0.625. The lowest BCUT2D eigenvalue weighted by Crippen LogP contribution is -2.51. The van der Waals surface area contributed by atoms with E-state index in [0.29, 0.717) is 13.2 Å². The number of nitrogens with one attached hydrogen (secondary N) is 1. The molecule has 0 saturated carbocycles. The second-order valence-electron chi connectivity index (χ2n) is 5.72. The summed E-state index contributed by atoms with van der Waals surface area (Å²) in [5.41, 5.74) is 3.65. The van der Waals surface area contributed by atoms with Crippen LogP contribution in [0.15, 0.2) is 24.3 Å². The normalized spacial score (nSPS) is 19.5. The average Bonchev–Trinajstić information content (AvgIpc) is 2.48. The molecule has 1 aliphatic rings. The van der Waals surface area contributed by atoms with Gasteiger partial charge in [-0.1, -0.05) is 12.1 Å². The van der Waals surface area contributed by atoms with E-state index in [-0.39, 0.29) is 17.7 Å². The Morgan fingerprint density at radius 3 is 2.57 bits per heavy atom. The fourth-order valence-corrected chi connectivity index (χ4v) is 2.92. The van der Waals surface area contributed by atoms with E-state index in [1.54, 1.807) is 7.11 Å². The number of nitrogens with two attached hydrogens (primary N) is 1. The summed E-state index contributed by atoms with van der Waals surface area (Å²) in [6, 6.07) is 7.93. The summed E-state index contributed by atoms with van der Waals surface area (Å²) in [5.74, 6) is 6.68. The first-order valence-corrected chi connectivity index (χ1v) is 7.47. The van der Waals surface area contributed by atoms with Crippen molar-refractivity contribution in [3.63, 3.8) is 0 Å². The van der Waals surface area contributed by atoms with Crippen molar-refractivity contribution in [2.45, 2.75) is 44.4 Å². The van der Waals surface area contributed by atoms with Gasteiger partial charge in [-0.2, -0.15) is 0 Å². The minimum absolute atomic E-state index is 0.0953. The Balaban J connectivity index is 2.27. The molecule has 1 aromatic carbocycles. The van der Waals surface area contributed by atoms with Crippen molar-refractivity contribution in [3.05, 3.63) is 29.8 Å². The molecule has 5 heteroatoms. The van der Waals surface area contributed by atoms with Crippen molar-refractivity contribution in [1.82, 2.24) is 5.43 Å². The van der Waals surface area contributed by atoms with Crippen molar-refractivity contribution in [2.75, 3.05) is 20.3 Å². The van der Waals surface area contributed by atoms with Crippen LogP contribution >= 0.6 is 0 Å². The van der Waals surface area contributed by atoms with Gasteiger partial charge in [-0.15, -0.1) is 0 Å². The summed E-state index contributed by atoms with van der Waals surface area (Å²) in [6.07, 6.45) is 1.77. The van der Waals surface area contributed by atoms with Gasteiger partial charge in [0.2, 0.25) is 0 Å². The van der Waals surface area contributed by atoms with E-state index in [1.807, 2.05) is 38.1 Å². The topological polar surface area (TPSA) is 65.7 Å². The Hall–Kier alpha value is -1.14. The zero-order valence-electron chi connectivity index (χ0n) is 13.1. The molecule has 5 nitrogen and oxygen atoms in total. The minimum atomic E-state index is -0.344. The van der Waals surface area contributed by atoms with E-state index in [4.69, 9.17) is 20.1 Å². The quantitative estimate of drug-likeness (QED) is 0.622. The van der Waals surface area contributed by atoms with Gasteiger partial charge in [0.25, 0.3) is 0 Å². The van der Waals surface area contributed by atoms with E-state index in [9.17, 15) is 0 Å². The standard InChI is InChI=1S/C16H26N2O3/c1-12(2)21-14-6-4-5-13(11-14)15(18-17)16(19-3)7-9-20-10-8-16/h4-6,11-12,15,18H,7-10,17H2,1-3H3. The van der Waals surface area contributed by atoms with E-state index in [0.717, 1.165) is 24.2 Å². The lowest BCUT2D eigenvalue weighted by molar-refractivity contribution is -0.111. The molecule has 3 N–H and O–H groups in total. The van der Waals surface area contributed by atoms with Gasteiger partial charge in [0.15, 0.2) is 0 Å². The van der Waals surface area contributed by atoms with Crippen LogP contribution in [0.4, 0.5) is 0 Å². The molecule has 1 heterocycles. The highest BCUT2D eigenvalue weighted by Crippen LogP contribution is 2.37. The van der Waals surface area contributed by atoms with Crippen LogP contribution in [0.2, 0.25) is 0 Å². The molecule has 1 atom stereocenters. The fourth-order valence-electron chi connectivity index (χ4n) is 2.92. The van der Waals surface area contributed by atoms with Crippen LogP contribution in [0.1, 0.15) is 38.3 Å². The predicted molar refractivity (Wildman–Crippen MR) is 82.1 cm³/mol. The largest absolute Gasteiger partial charge is 0.491 e. The highest BCUT2D eigenvalue weighted by atomic mass is 16.5. The summed E-state index contributed by atoms with van der Waals surface area (Å²) >= 11 is 0. The maximum atomic E-state index is 5.84. The summed E-state index contributed by atoms with van der Waals surface area (Å²) in [7, 11) is 1.74. The molecule has 1 aromatic rings. The Kier molecular flexibility index (Phi) is 5.58. The molecule has 0 radical (unpaired) electrons. The molecule has 0 aromatic heterocycles. The Morgan fingerprint density at radius 1 is 1.29 bits per heavy atom. The third-order valence-corrected chi connectivity index (χ3v) is 4.00. The zero-order chi connectivity index (χ0) is 15.3. The Labute approximate surface area is 126 Å². The van der Waals surface area contributed by atoms with Gasteiger partial charge < -0.3 is 14.2 Å². The first-order chi connectivity index (χ1) is 10.1. The molecule has 1 aliphatic heterocycles. The minimum Gasteiger partial charge on any atom is -0.491 e. The van der Waals surface area contributed by atoms with Crippen LogP contribution in [-0.4, -0.2) is 32.0 Å². The van der Waals surface area contributed by atoms with Crippen molar-refractivity contribution >= 4 is 0 Å². The molecule has 2 rings (SSSR count). The molecule has 1 unspecified atom stereocenters. The summed E-state index contributed by atoms with van der Waals surface area (Å²) in [4.78, 5) is 0. The molecule has 1 fully saturated rings. The second-order valence-corrected chi connectivity index (χ2v) is 5.72. The molecule has 0 aliphatic carbocycles. The molecule has 0 spiro atoms. The van der Waals surface area contributed by atoms with Gasteiger partial charge in [-0.25, -0.2) is 0 Å². The average molecular weight is 294 g/mol. The molecular weight excluding hydrogens is 268 g/mol. The van der Waals surface area contributed by atoms with Crippen molar-refractivity contribution < 1.29 is 14.2 Å². The van der Waals surface area contributed by atoms with Gasteiger partial charge in [-0.3, -0.25) is 11.3 Å². The number of methoxy groups -OCH3 is 1. The maximum absolute atomic E-state index is 5.84. The first-order valence-electron chi connectivity index (χ1n) is 7.47. The van der Waals surface area contributed by atoms with Gasteiger partial charge in [0.05, 0.1) is 17.7 Å². The second kappa shape index (κ2) is 7.22. The van der Waals surface area contributed by atoms with Crippen LogP contribution in [0.5, 0.6) is 5.75 Å². The van der Waals surface area contributed by atoms with Gasteiger partial charge in [-0.05, 0) is 31.5 Å². The predicted octanol–water partition coefficient (Wildman–Crippen LogP) is 2.17. The number of ether oxygens (including phenoxy) is 3. The van der Waals surface area contributed by atoms with E-state index in [1.165, 1.54) is 0 Å². The van der Waals surface area contributed by atoms with Gasteiger partial charge in [0, 0.05) is 33.2 Å². The third-order valence-electron chi connectivity index (χ3n) is 4.00. The Bertz CT molecular complexity index is 445. The monoisotopic (exact) mass is 294 g/mol. The lowest BCUT2D eigenvalue weighted by atomic mass is 9.82. The highest BCUT2D eigenvalue weighted by molar-refractivity contribution is 5.32. The zero-order valence-corrected chi connectivity index (χ0v) is 13.1. The summed E-state index contributed by atoms with van der Waals surface area (Å²) in [6.45, 7) is 5.41. The molecule has 118 valence electrons. The molecule has 21 heavy (non-hydrogen) atoms. The van der Waals surface area contributed by atoms with Crippen LogP contribution < -0.4 is 16.0 Å². The number of rotatable bonds is 6. The van der Waals surface area contributed by atoms with Crippen LogP contribution in [-0.2, 0) is 9.47 Å². The maximum Gasteiger partial charge on any atom is 0.120 e. The van der Waals surface area contributed by atoms with Crippen LogP contribution in [0.25, 0.3) is 0 Å². The van der Waals surface area contributed by atoms with Crippen LogP contribution in [0, 0.1) is 0 Å². The molecule has 0 amide bonds. The van der Waals surface area contributed by atoms with Crippen LogP contribution in [0.3, 0.4) is 0 Å². The number of hydrazine groups is 1. The van der Waals surface area contributed by atoms with E-state index < -0.39 is 0 Å². The molecule has 0 bridgehead atoms. The highest BCUT2D eigenvalue weighted by Gasteiger charge is 2.41. The number of hydrogen-bond acceptors (Lipinski definition) is 5. The first kappa shape index (κ1) is 16.2. The van der Waals surface area contributed by atoms with Crippen molar-refractivity contribution in [2.24, 2.45) is 5.84 Å². The van der Waals surface area contributed by atoms with E-state index in [2.05, 4.69) is 5.43 Å². The molecular formula is C16H26N2O3. The lowest BCUT2D eigenvalue weighted by Gasteiger charge is -2.42. The van der Waals surface area contributed by atoms with Gasteiger partial charge >= 0.3 is 0 Å². The smallest absolute Gasteiger partial charge is 0.120 e. The van der Waals surface area contributed by atoms with Crippen molar-refractivity contribution in [3.8, 4) is 5.75 Å². The van der Waals surface area contributed by atoms with Gasteiger partial charge in [0.1, 0.15) is 5.75 Å². The summed E-state index contributed by atoms with van der Waals surface area (Å²) in [5, 5.41) is 0. The van der Waals surface area contributed by atoms with E-state index >= 15 is 0 Å². The summed E-state index contributed by atoms with van der Waals surface area (Å²) < 4.78 is 17.1. The number of hydrogen-bond donors (Lipinski definition) is 2. The number of benzene rings is 1.